The van der Waals surface area contributed by atoms with Crippen molar-refractivity contribution in [3.05, 3.63) is 199 Å². The van der Waals surface area contributed by atoms with E-state index >= 15 is 0 Å². The van der Waals surface area contributed by atoms with Crippen molar-refractivity contribution in [2.75, 3.05) is 9.80 Å². The molecule has 0 amide bonds. The molecule has 6 heteroatoms. The monoisotopic (exact) mass is 1030 g/mol. The van der Waals surface area contributed by atoms with Crippen LogP contribution in [0.15, 0.2) is 158 Å². The summed E-state index contributed by atoms with van der Waals surface area (Å²) < 4.78 is 9.11. The van der Waals surface area contributed by atoms with Crippen LogP contribution in [0, 0.1) is 18.8 Å². The smallest absolute Gasteiger partial charge is 0.135 e. The SMILES string of the molecule is CC(C)(C)c1cc(Oc2[c-]c3c(cc2)c2ccccc2n3-c2cc(C(C)(C)C)ccn2)[c-]c(N2[CH-]N(c3cc(-c4ccccc4)cc(C(C)(C)C)c3)C=C2C(C)(C)c2ccccc2)c1.[Pt]. The number of pyridine rings is 1. The molecule has 0 unspecified atom stereocenters. The molecule has 0 saturated heterocycles. The van der Waals surface area contributed by atoms with Gasteiger partial charge in [-0.15, -0.1) is 53.6 Å². The maximum atomic E-state index is 6.90. The molecule has 5 nitrogen and oxygen atoms in total. The Kier molecular flexibility index (Phi) is 12.0. The average Bonchev–Trinajstić information content (AvgIpc) is 3.87. The van der Waals surface area contributed by atoms with Crippen LogP contribution < -0.4 is 14.5 Å². The van der Waals surface area contributed by atoms with Gasteiger partial charge in [0.05, 0.1) is 0 Å². The standard InChI is InChI=1S/C59H59N4O.Pt/c1-56(2,3)43-28-29-60-55(35-43)63-52-25-19-18-24-50(52)51-27-26-48(37-53(51)63)64-49-34-45(58(7,8)9)33-47(36-49)62-39-61(38-54(62)59(10,11)42-22-16-13-17-23-42)46-31-41(40-20-14-12-15-21-40)30-44(32-46)57(4,5)6;/h12-35,38-39H,1-11H3;/q-3;. The van der Waals surface area contributed by atoms with Gasteiger partial charge in [0.25, 0.3) is 0 Å². The first kappa shape index (κ1) is 45.7. The predicted molar refractivity (Wildman–Crippen MR) is 268 cm³/mol. The molecule has 0 N–H and O–H groups in total. The third-order valence-corrected chi connectivity index (χ3v) is 12.7. The van der Waals surface area contributed by atoms with Crippen molar-refractivity contribution < 1.29 is 25.8 Å². The maximum Gasteiger partial charge on any atom is 0.135 e. The number of hydrogen-bond acceptors (Lipinski definition) is 4. The van der Waals surface area contributed by atoms with E-state index in [1.807, 2.05) is 12.3 Å². The molecular weight excluding hydrogens is 976 g/mol. The van der Waals surface area contributed by atoms with Crippen LogP contribution in [0.4, 0.5) is 11.4 Å². The Balaban J connectivity index is 0.00000576. The number of anilines is 2. The summed E-state index contributed by atoms with van der Waals surface area (Å²) in [6, 6.07) is 57.2. The summed E-state index contributed by atoms with van der Waals surface area (Å²) >= 11 is 0. The molecule has 0 spiro atoms. The van der Waals surface area contributed by atoms with E-state index in [-0.39, 0.29) is 42.7 Å². The Bertz CT molecular complexity index is 3030. The van der Waals surface area contributed by atoms with Crippen LogP contribution in [0.5, 0.6) is 11.5 Å². The minimum absolute atomic E-state index is 0. The van der Waals surface area contributed by atoms with Crippen LogP contribution in [0.25, 0.3) is 38.8 Å². The molecule has 1 aliphatic rings. The zero-order valence-corrected chi connectivity index (χ0v) is 41.8. The van der Waals surface area contributed by atoms with Crippen LogP contribution >= 0.6 is 0 Å². The molecule has 9 rings (SSSR count). The predicted octanol–water partition coefficient (Wildman–Crippen LogP) is 15.4. The van der Waals surface area contributed by atoms with Crippen LogP contribution in [0.2, 0.25) is 0 Å². The van der Waals surface area contributed by atoms with Gasteiger partial charge in [0.15, 0.2) is 0 Å². The van der Waals surface area contributed by atoms with Crippen molar-refractivity contribution >= 4 is 33.2 Å². The molecule has 0 fully saturated rings. The van der Waals surface area contributed by atoms with Crippen molar-refractivity contribution in [3.63, 3.8) is 0 Å². The molecule has 0 radical (unpaired) electrons. The zero-order chi connectivity index (χ0) is 45.2. The second-order valence-corrected chi connectivity index (χ2v) is 20.8. The Morgan fingerprint density at radius 3 is 1.88 bits per heavy atom. The van der Waals surface area contributed by atoms with Crippen LogP contribution in [-0.2, 0) is 42.7 Å². The van der Waals surface area contributed by atoms with E-state index in [1.54, 1.807) is 0 Å². The number of nitrogens with zero attached hydrogens (tertiary/aromatic N) is 4. The molecule has 0 bridgehead atoms. The first-order valence-corrected chi connectivity index (χ1v) is 22.4. The van der Waals surface area contributed by atoms with Crippen molar-refractivity contribution in [1.29, 1.82) is 0 Å². The molecule has 0 atom stereocenters. The molecule has 3 heterocycles. The summed E-state index contributed by atoms with van der Waals surface area (Å²) in [4.78, 5) is 9.48. The van der Waals surface area contributed by atoms with Gasteiger partial charge in [-0.3, -0.25) is 0 Å². The normalized spacial score (nSPS) is 13.6. The first-order valence-electron chi connectivity index (χ1n) is 22.4. The van der Waals surface area contributed by atoms with Gasteiger partial charge in [-0.2, -0.15) is 6.07 Å². The fourth-order valence-corrected chi connectivity index (χ4v) is 8.65. The fraction of sp³-hybridized carbons (Fsp3) is 0.254. The van der Waals surface area contributed by atoms with Gasteiger partial charge in [-0.05, 0) is 86.0 Å². The molecule has 2 aromatic heterocycles. The average molecular weight is 1040 g/mol. The number of aromatic nitrogens is 2. The van der Waals surface area contributed by atoms with Crippen LogP contribution in [-0.4, -0.2) is 9.55 Å². The molecule has 8 aromatic rings. The molecular formula is C59H59N4OPt-3. The van der Waals surface area contributed by atoms with Gasteiger partial charge >= 0.3 is 0 Å². The summed E-state index contributed by atoms with van der Waals surface area (Å²) in [6.07, 6.45) is 4.21. The Morgan fingerprint density at radius 2 is 1.18 bits per heavy atom. The van der Waals surface area contributed by atoms with Gasteiger partial charge in [-0.1, -0.05) is 167 Å². The minimum Gasteiger partial charge on any atom is -0.509 e. The number of para-hydroxylation sites is 1. The van der Waals surface area contributed by atoms with E-state index < -0.39 is 0 Å². The van der Waals surface area contributed by atoms with Crippen molar-refractivity contribution in [3.8, 4) is 28.4 Å². The van der Waals surface area contributed by atoms with Crippen molar-refractivity contribution in [1.82, 2.24) is 9.55 Å². The molecule has 1 aliphatic heterocycles. The number of ether oxygens (including phenoxy) is 1. The first-order chi connectivity index (χ1) is 30.3. The van der Waals surface area contributed by atoms with Crippen LogP contribution in [0.3, 0.4) is 0 Å². The summed E-state index contributed by atoms with van der Waals surface area (Å²) in [5.41, 5.74) is 11.7. The van der Waals surface area contributed by atoms with E-state index in [0.29, 0.717) is 11.5 Å². The van der Waals surface area contributed by atoms with Crippen LogP contribution in [0.1, 0.15) is 98.4 Å². The van der Waals surface area contributed by atoms with Gasteiger partial charge in [0.2, 0.25) is 0 Å². The molecule has 334 valence electrons. The second-order valence-electron chi connectivity index (χ2n) is 20.8. The number of hydrogen-bond donors (Lipinski definition) is 0. The quantitative estimate of drug-likeness (QED) is 0.142. The Hall–Kier alpha value is -5.90. The molecule has 0 saturated carbocycles. The molecule has 6 aromatic carbocycles. The van der Waals surface area contributed by atoms with Crippen molar-refractivity contribution in [2.24, 2.45) is 0 Å². The second kappa shape index (κ2) is 17.1. The molecule has 65 heavy (non-hydrogen) atoms. The minimum atomic E-state index is -0.381. The summed E-state index contributed by atoms with van der Waals surface area (Å²) in [7, 11) is 0. The summed E-state index contributed by atoms with van der Waals surface area (Å²) in [6.45, 7) is 27.1. The Labute approximate surface area is 401 Å². The summed E-state index contributed by atoms with van der Waals surface area (Å²) in [5, 5.41) is 2.24. The third-order valence-electron chi connectivity index (χ3n) is 12.7. The van der Waals surface area contributed by atoms with E-state index in [9.17, 15) is 0 Å². The van der Waals surface area contributed by atoms with E-state index in [1.165, 1.54) is 27.8 Å². The fourth-order valence-electron chi connectivity index (χ4n) is 8.65. The van der Waals surface area contributed by atoms with E-state index in [2.05, 4.69) is 249 Å². The number of fused-ring (bicyclic) bond motifs is 3. The topological polar surface area (TPSA) is 33.5 Å². The zero-order valence-electron chi connectivity index (χ0n) is 39.5. The van der Waals surface area contributed by atoms with E-state index in [4.69, 9.17) is 9.72 Å². The molecule has 0 aliphatic carbocycles. The van der Waals surface area contributed by atoms with Gasteiger partial charge in [-0.25, -0.2) is 4.98 Å². The number of benzene rings is 6. The van der Waals surface area contributed by atoms with Crippen molar-refractivity contribution in [2.45, 2.75) is 97.8 Å². The Morgan fingerprint density at radius 1 is 0.538 bits per heavy atom. The maximum absolute atomic E-state index is 6.90. The van der Waals surface area contributed by atoms with Gasteiger partial charge in [0, 0.05) is 61.1 Å². The summed E-state index contributed by atoms with van der Waals surface area (Å²) in [5.74, 6) is 2.09. The van der Waals surface area contributed by atoms with Gasteiger partial charge < -0.3 is 19.1 Å². The number of rotatable bonds is 8. The number of allylic oxidation sites excluding steroid dienone is 1. The van der Waals surface area contributed by atoms with E-state index in [0.717, 1.165) is 50.3 Å². The van der Waals surface area contributed by atoms with Gasteiger partial charge in [0.1, 0.15) is 5.82 Å². The largest absolute Gasteiger partial charge is 0.509 e. The third kappa shape index (κ3) is 9.05.